The Labute approximate surface area is 254 Å². The average Bonchev–Trinajstić information content (AvgIpc) is 2.91. The van der Waals surface area contributed by atoms with Gasteiger partial charge in [-0.25, -0.2) is 4.79 Å². The van der Waals surface area contributed by atoms with Crippen LogP contribution in [-0.4, -0.2) is 69.9 Å². The second-order valence-corrected chi connectivity index (χ2v) is 12.7. The first kappa shape index (κ1) is 31.0. The molecule has 3 heterocycles. The minimum Gasteiger partial charge on any atom is -0.445 e. The summed E-state index contributed by atoms with van der Waals surface area (Å²) in [6.07, 6.45) is 3.25. The van der Waals surface area contributed by atoms with Gasteiger partial charge in [0.25, 0.3) is 5.56 Å². The molecule has 3 aromatic rings. The molecule has 0 radical (unpaired) electrons. The highest BCUT2D eigenvalue weighted by atomic mass is 35.5. The molecule has 1 aromatic carbocycles. The molecule has 4 rings (SSSR count). The monoisotopic (exact) mass is 619 g/mol. The summed E-state index contributed by atoms with van der Waals surface area (Å²) in [5, 5.41) is 3.64. The average molecular weight is 621 g/mol. The number of ether oxygens (including phenoxy) is 1. The van der Waals surface area contributed by atoms with E-state index in [1.165, 1.54) is 4.57 Å². The molecule has 0 aliphatic carbocycles. The van der Waals surface area contributed by atoms with E-state index >= 15 is 0 Å². The fourth-order valence-electron chi connectivity index (χ4n) is 4.47. The zero-order chi connectivity index (χ0) is 29.7. The minimum atomic E-state index is -0.443. The normalized spacial score (nSPS) is 15.0. The number of nitrogen functional groups attached to an aromatic ring is 1. The van der Waals surface area contributed by atoms with Gasteiger partial charge in [-0.3, -0.25) is 19.2 Å². The van der Waals surface area contributed by atoms with E-state index < -0.39 is 11.6 Å². The van der Waals surface area contributed by atoms with Crippen molar-refractivity contribution in [3.8, 4) is 0 Å². The largest absolute Gasteiger partial charge is 0.445 e. The molecule has 2 aromatic heterocycles. The van der Waals surface area contributed by atoms with Crippen molar-refractivity contribution >= 4 is 52.8 Å². The Bertz CT molecular complexity index is 1420. The lowest BCUT2D eigenvalue weighted by Crippen LogP contribution is -2.51. The molecule has 0 unspecified atom stereocenters. The number of carbonyl (C=O) groups is 1. The Morgan fingerprint density at radius 2 is 1.83 bits per heavy atom. The maximum atomic E-state index is 13.3. The van der Waals surface area contributed by atoms with E-state index in [9.17, 15) is 9.59 Å². The van der Waals surface area contributed by atoms with Crippen LogP contribution in [0.2, 0.25) is 10.0 Å². The first-order valence-corrected chi connectivity index (χ1v) is 14.8. The lowest BCUT2D eigenvalue weighted by molar-refractivity contribution is 0.0638. The van der Waals surface area contributed by atoms with Crippen molar-refractivity contribution < 1.29 is 9.53 Å². The molecule has 0 spiro atoms. The van der Waals surface area contributed by atoms with Gasteiger partial charge in [-0.15, -0.1) is 0 Å². The van der Waals surface area contributed by atoms with Gasteiger partial charge in [0.15, 0.2) is 0 Å². The van der Waals surface area contributed by atoms with Crippen LogP contribution in [0.25, 0.3) is 0 Å². The Morgan fingerprint density at radius 3 is 2.49 bits per heavy atom. The SMILES string of the molecule is Cn1c(N2CCN(C[C@@H](Cc3ccncc3)OC(=O)NC(C)(C)C)CC2)nc(N)c(Sc2cccc(Cl)c2Cl)c1=O. The number of hydrogen-bond acceptors (Lipinski definition) is 9. The van der Waals surface area contributed by atoms with Crippen molar-refractivity contribution in [2.75, 3.05) is 43.4 Å². The number of benzene rings is 1. The highest BCUT2D eigenvalue weighted by Gasteiger charge is 2.27. The third-order valence-corrected chi connectivity index (χ3v) is 8.54. The molecule has 0 saturated carbocycles. The van der Waals surface area contributed by atoms with Gasteiger partial charge in [0.2, 0.25) is 5.95 Å². The summed E-state index contributed by atoms with van der Waals surface area (Å²) < 4.78 is 7.37. The Balaban J connectivity index is 1.43. The number of nitrogens with zero attached hydrogens (tertiary/aromatic N) is 5. The van der Waals surface area contributed by atoms with E-state index in [1.54, 1.807) is 37.6 Å². The van der Waals surface area contributed by atoms with Crippen molar-refractivity contribution in [1.82, 2.24) is 24.8 Å². The Morgan fingerprint density at radius 1 is 1.15 bits per heavy atom. The van der Waals surface area contributed by atoms with E-state index in [1.807, 2.05) is 37.8 Å². The number of alkyl carbamates (subject to hydrolysis) is 1. The molecule has 1 fully saturated rings. The molecule has 1 aliphatic rings. The molecule has 0 bridgehead atoms. The number of rotatable bonds is 8. The predicted octanol–water partition coefficient (Wildman–Crippen LogP) is 4.47. The molecule has 13 heteroatoms. The van der Waals surface area contributed by atoms with Crippen LogP contribution in [0.5, 0.6) is 0 Å². The number of aromatic nitrogens is 3. The second kappa shape index (κ2) is 13.3. The fourth-order valence-corrected chi connectivity index (χ4v) is 5.88. The van der Waals surface area contributed by atoms with Crippen LogP contribution >= 0.6 is 35.0 Å². The zero-order valence-corrected chi connectivity index (χ0v) is 25.9. The number of nitrogens with one attached hydrogen (secondary N) is 1. The number of hydrogen-bond donors (Lipinski definition) is 2. The van der Waals surface area contributed by atoms with Crippen molar-refractivity contribution in [2.24, 2.45) is 7.05 Å². The molecule has 220 valence electrons. The number of halogens is 2. The fraction of sp³-hybridized carbons (Fsp3) is 0.429. The van der Waals surface area contributed by atoms with Gasteiger partial charge in [0.05, 0.1) is 10.0 Å². The number of nitrogens with two attached hydrogens (primary N) is 1. The van der Waals surface area contributed by atoms with Crippen molar-refractivity contribution in [3.05, 3.63) is 68.7 Å². The highest BCUT2D eigenvalue weighted by Crippen LogP contribution is 2.37. The van der Waals surface area contributed by atoms with E-state index in [0.717, 1.165) is 17.3 Å². The number of piperazine rings is 1. The van der Waals surface area contributed by atoms with Crippen LogP contribution in [0.15, 0.2) is 57.3 Å². The molecule has 41 heavy (non-hydrogen) atoms. The molecule has 10 nitrogen and oxygen atoms in total. The number of pyridine rings is 1. The van der Waals surface area contributed by atoms with Gasteiger partial charge < -0.3 is 20.7 Å². The molecule has 1 amide bonds. The lowest BCUT2D eigenvalue weighted by atomic mass is 10.1. The van der Waals surface area contributed by atoms with E-state index in [0.29, 0.717) is 64.9 Å². The van der Waals surface area contributed by atoms with Gasteiger partial charge in [-0.1, -0.05) is 41.0 Å². The van der Waals surface area contributed by atoms with Crippen LogP contribution in [0, 0.1) is 0 Å². The highest BCUT2D eigenvalue weighted by molar-refractivity contribution is 7.99. The zero-order valence-electron chi connectivity index (χ0n) is 23.6. The second-order valence-electron chi connectivity index (χ2n) is 10.9. The molecule has 3 N–H and O–H groups in total. The third-order valence-electron chi connectivity index (χ3n) is 6.46. The first-order valence-electron chi connectivity index (χ1n) is 13.2. The van der Waals surface area contributed by atoms with Gasteiger partial charge in [0, 0.05) is 69.0 Å². The van der Waals surface area contributed by atoms with Gasteiger partial charge in [-0.2, -0.15) is 4.98 Å². The quantitative estimate of drug-likeness (QED) is 0.376. The van der Waals surface area contributed by atoms with Crippen molar-refractivity contribution in [3.63, 3.8) is 0 Å². The Kier molecular flexibility index (Phi) is 10.1. The van der Waals surface area contributed by atoms with Gasteiger partial charge in [0.1, 0.15) is 16.8 Å². The first-order chi connectivity index (χ1) is 19.4. The summed E-state index contributed by atoms with van der Waals surface area (Å²) in [4.78, 5) is 39.8. The summed E-state index contributed by atoms with van der Waals surface area (Å²) in [6, 6.07) is 9.08. The maximum Gasteiger partial charge on any atom is 0.407 e. The van der Waals surface area contributed by atoms with Crippen molar-refractivity contribution in [2.45, 2.75) is 48.6 Å². The summed E-state index contributed by atoms with van der Waals surface area (Å²) in [5.74, 6) is 0.644. The Hall–Kier alpha value is -2.99. The predicted molar refractivity (Wildman–Crippen MR) is 164 cm³/mol. The minimum absolute atomic E-state index is 0.141. The molecule has 1 aliphatic heterocycles. The molecular formula is C28H35Cl2N7O3S. The summed E-state index contributed by atoms with van der Waals surface area (Å²) >= 11 is 13.6. The van der Waals surface area contributed by atoms with Crippen LogP contribution in [-0.2, 0) is 18.2 Å². The van der Waals surface area contributed by atoms with Crippen LogP contribution in [0.4, 0.5) is 16.6 Å². The number of carbonyl (C=O) groups excluding carboxylic acids is 1. The smallest absolute Gasteiger partial charge is 0.407 e. The van der Waals surface area contributed by atoms with Crippen LogP contribution < -0.4 is 21.5 Å². The lowest BCUT2D eigenvalue weighted by Gasteiger charge is -2.37. The standard InChI is InChI=1S/C28H35Cl2N7O3S/c1-28(2,3)34-27(39)40-19(16-18-8-10-32-11-9-18)17-36-12-14-37(15-13-36)26-33-24(31)23(25(38)35(26)4)41-21-7-5-6-20(29)22(21)30/h5-11,19H,12-17,31H2,1-4H3,(H,34,39)/t19-/m1/s1. The van der Waals surface area contributed by atoms with Gasteiger partial charge in [-0.05, 0) is 50.6 Å². The molecular weight excluding hydrogens is 585 g/mol. The molecule has 1 saturated heterocycles. The van der Waals surface area contributed by atoms with Crippen LogP contribution in [0.1, 0.15) is 26.3 Å². The van der Waals surface area contributed by atoms with Crippen LogP contribution in [0.3, 0.4) is 0 Å². The van der Waals surface area contributed by atoms with E-state index in [-0.39, 0.29) is 17.5 Å². The third kappa shape index (κ3) is 8.28. The summed E-state index contributed by atoms with van der Waals surface area (Å²) in [6.45, 7) is 8.96. The van der Waals surface area contributed by atoms with Gasteiger partial charge >= 0.3 is 6.09 Å². The maximum absolute atomic E-state index is 13.3. The number of amides is 1. The summed E-state index contributed by atoms with van der Waals surface area (Å²) in [5.41, 5.74) is 6.66. The van der Waals surface area contributed by atoms with Crippen molar-refractivity contribution in [1.29, 1.82) is 0 Å². The van der Waals surface area contributed by atoms with E-state index in [4.69, 9.17) is 33.7 Å². The van der Waals surface area contributed by atoms with E-state index in [2.05, 4.69) is 20.2 Å². The molecule has 1 atom stereocenters. The topological polar surface area (TPSA) is 119 Å². The number of anilines is 2. The summed E-state index contributed by atoms with van der Waals surface area (Å²) in [7, 11) is 1.69.